The van der Waals surface area contributed by atoms with Crippen LogP contribution in [0.1, 0.15) is 28.4 Å². The van der Waals surface area contributed by atoms with Gasteiger partial charge in [-0.05, 0) is 60.4 Å². The van der Waals surface area contributed by atoms with Crippen LogP contribution in [0.3, 0.4) is 0 Å². The number of aryl methyl sites for hydroxylation is 1. The number of anilines is 2. The average molecular weight is 407 g/mol. The van der Waals surface area contributed by atoms with E-state index in [1.165, 1.54) is 0 Å². The molecule has 2 aromatic carbocycles. The average Bonchev–Trinajstić information content (AvgIpc) is 3.17. The standard InChI is InChI=1S/C22H21N3O3S/c1-2-16-3-7-20(8-4-16)29(27,28)24-19-6-5-17-11-14-25(21(17)15-19)22(26)18-9-12-23-13-10-18/h3-10,12-13,15,24H,2,11,14H2,1H3. The molecule has 6 nitrogen and oxygen atoms in total. The number of benzene rings is 2. The molecule has 1 N–H and O–H groups in total. The van der Waals surface area contributed by atoms with E-state index >= 15 is 0 Å². The summed E-state index contributed by atoms with van der Waals surface area (Å²) in [7, 11) is -3.71. The zero-order valence-electron chi connectivity index (χ0n) is 16.0. The lowest BCUT2D eigenvalue weighted by molar-refractivity contribution is 0.0989. The first kappa shape index (κ1) is 19.1. The number of sulfonamides is 1. The van der Waals surface area contributed by atoms with Gasteiger partial charge in [-0.3, -0.25) is 14.5 Å². The van der Waals surface area contributed by atoms with Crippen molar-refractivity contribution in [3.63, 3.8) is 0 Å². The Morgan fingerprint density at radius 3 is 2.48 bits per heavy atom. The number of carbonyl (C=O) groups is 1. The molecule has 1 amide bonds. The summed E-state index contributed by atoms with van der Waals surface area (Å²) in [5.41, 5.74) is 3.80. The second-order valence-corrected chi connectivity index (χ2v) is 8.57. The number of amides is 1. The summed E-state index contributed by atoms with van der Waals surface area (Å²) in [6, 6.07) is 15.5. The topological polar surface area (TPSA) is 79.4 Å². The van der Waals surface area contributed by atoms with Gasteiger partial charge in [-0.1, -0.05) is 25.1 Å². The molecule has 1 aliphatic heterocycles. The molecule has 2 heterocycles. The molecule has 148 valence electrons. The summed E-state index contributed by atoms with van der Waals surface area (Å²) in [6.07, 6.45) is 4.74. The molecule has 7 heteroatoms. The van der Waals surface area contributed by atoms with Gasteiger partial charge in [0.05, 0.1) is 10.6 Å². The fourth-order valence-corrected chi connectivity index (χ4v) is 4.47. The van der Waals surface area contributed by atoms with E-state index in [0.717, 1.165) is 29.7 Å². The Balaban J connectivity index is 1.60. The molecule has 3 aromatic rings. The third kappa shape index (κ3) is 3.86. The van der Waals surface area contributed by atoms with Crippen molar-refractivity contribution in [3.05, 3.63) is 83.7 Å². The van der Waals surface area contributed by atoms with Crippen molar-refractivity contribution in [2.24, 2.45) is 0 Å². The van der Waals surface area contributed by atoms with Crippen molar-refractivity contribution < 1.29 is 13.2 Å². The predicted molar refractivity (Wildman–Crippen MR) is 113 cm³/mol. The van der Waals surface area contributed by atoms with Crippen LogP contribution in [0.25, 0.3) is 0 Å². The van der Waals surface area contributed by atoms with E-state index in [1.54, 1.807) is 53.7 Å². The van der Waals surface area contributed by atoms with Gasteiger partial charge >= 0.3 is 0 Å². The molecule has 0 fully saturated rings. The summed E-state index contributed by atoms with van der Waals surface area (Å²) in [5, 5.41) is 0. The van der Waals surface area contributed by atoms with Crippen LogP contribution in [-0.4, -0.2) is 25.9 Å². The number of nitrogens with zero attached hydrogens (tertiary/aromatic N) is 2. The lowest BCUT2D eigenvalue weighted by atomic mass is 10.1. The van der Waals surface area contributed by atoms with Crippen LogP contribution >= 0.6 is 0 Å². The molecule has 0 spiro atoms. The molecular formula is C22H21N3O3S. The Hall–Kier alpha value is -3.19. The van der Waals surface area contributed by atoms with E-state index in [4.69, 9.17) is 0 Å². The SMILES string of the molecule is CCc1ccc(S(=O)(=O)Nc2ccc3c(c2)N(C(=O)c2ccncc2)CC3)cc1. The van der Waals surface area contributed by atoms with Gasteiger partial charge in [0.2, 0.25) is 0 Å². The van der Waals surface area contributed by atoms with Crippen molar-refractivity contribution in [2.45, 2.75) is 24.7 Å². The van der Waals surface area contributed by atoms with Crippen LogP contribution in [0.15, 0.2) is 71.9 Å². The number of rotatable bonds is 5. The molecule has 0 unspecified atom stereocenters. The molecule has 0 saturated heterocycles. The molecule has 29 heavy (non-hydrogen) atoms. The van der Waals surface area contributed by atoms with Gasteiger partial charge in [0.25, 0.3) is 15.9 Å². The first-order valence-electron chi connectivity index (χ1n) is 9.44. The third-order valence-electron chi connectivity index (χ3n) is 5.05. The number of nitrogens with one attached hydrogen (secondary N) is 1. The van der Waals surface area contributed by atoms with Crippen molar-refractivity contribution in [1.29, 1.82) is 0 Å². The van der Waals surface area contributed by atoms with E-state index in [2.05, 4.69) is 9.71 Å². The normalized spacial score (nSPS) is 13.2. The Morgan fingerprint density at radius 2 is 1.79 bits per heavy atom. The molecular weight excluding hydrogens is 386 g/mol. The van der Waals surface area contributed by atoms with Gasteiger partial charge in [-0.15, -0.1) is 0 Å². The zero-order valence-corrected chi connectivity index (χ0v) is 16.8. The second-order valence-electron chi connectivity index (χ2n) is 6.89. The zero-order chi connectivity index (χ0) is 20.4. The molecule has 0 saturated carbocycles. The number of carbonyl (C=O) groups excluding carboxylic acids is 1. The highest BCUT2D eigenvalue weighted by Gasteiger charge is 2.26. The molecule has 1 aromatic heterocycles. The highest BCUT2D eigenvalue weighted by Crippen LogP contribution is 2.32. The van der Waals surface area contributed by atoms with Gasteiger partial charge in [0.15, 0.2) is 0 Å². The van der Waals surface area contributed by atoms with Gasteiger partial charge in [0, 0.05) is 30.2 Å². The maximum atomic E-state index is 12.8. The Bertz CT molecular complexity index is 1140. The maximum absolute atomic E-state index is 12.8. The fraction of sp³-hybridized carbons (Fsp3) is 0.182. The third-order valence-corrected chi connectivity index (χ3v) is 6.44. The van der Waals surface area contributed by atoms with Crippen LogP contribution < -0.4 is 9.62 Å². The van der Waals surface area contributed by atoms with Crippen LogP contribution in [0.2, 0.25) is 0 Å². The number of aromatic nitrogens is 1. The summed E-state index contributed by atoms with van der Waals surface area (Å²) in [4.78, 5) is 18.7. The lowest BCUT2D eigenvalue weighted by Gasteiger charge is -2.18. The molecule has 0 aliphatic carbocycles. The van der Waals surface area contributed by atoms with Gasteiger partial charge in [-0.2, -0.15) is 0 Å². The van der Waals surface area contributed by atoms with Gasteiger partial charge in [-0.25, -0.2) is 8.42 Å². The van der Waals surface area contributed by atoms with E-state index in [0.29, 0.717) is 17.8 Å². The lowest BCUT2D eigenvalue weighted by Crippen LogP contribution is -2.28. The molecule has 0 bridgehead atoms. The van der Waals surface area contributed by atoms with Crippen LogP contribution in [0, 0.1) is 0 Å². The first-order chi connectivity index (χ1) is 14.0. The van der Waals surface area contributed by atoms with Gasteiger partial charge < -0.3 is 4.90 Å². The van der Waals surface area contributed by atoms with E-state index in [1.807, 2.05) is 25.1 Å². The summed E-state index contributed by atoms with van der Waals surface area (Å²) in [6.45, 7) is 2.58. The van der Waals surface area contributed by atoms with E-state index < -0.39 is 10.0 Å². The van der Waals surface area contributed by atoms with Crippen LogP contribution in [-0.2, 0) is 22.9 Å². The number of pyridine rings is 1. The maximum Gasteiger partial charge on any atom is 0.261 e. The Kier molecular flexibility index (Phi) is 5.07. The summed E-state index contributed by atoms with van der Waals surface area (Å²) >= 11 is 0. The fourth-order valence-electron chi connectivity index (χ4n) is 3.42. The minimum Gasteiger partial charge on any atom is -0.308 e. The molecule has 1 aliphatic rings. The molecule has 4 rings (SSSR count). The monoisotopic (exact) mass is 407 g/mol. The van der Waals surface area contributed by atoms with Gasteiger partial charge in [0.1, 0.15) is 0 Å². The highest BCUT2D eigenvalue weighted by molar-refractivity contribution is 7.92. The molecule has 0 radical (unpaired) electrons. The van der Waals surface area contributed by atoms with E-state index in [-0.39, 0.29) is 10.8 Å². The van der Waals surface area contributed by atoms with E-state index in [9.17, 15) is 13.2 Å². The summed E-state index contributed by atoms with van der Waals surface area (Å²) < 4.78 is 28.1. The highest BCUT2D eigenvalue weighted by atomic mass is 32.2. The first-order valence-corrected chi connectivity index (χ1v) is 10.9. The number of hydrogen-bond acceptors (Lipinski definition) is 4. The van der Waals surface area contributed by atoms with Crippen molar-refractivity contribution >= 4 is 27.3 Å². The smallest absolute Gasteiger partial charge is 0.261 e. The van der Waals surface area contributed by atoms with Crippen molar-refractivity contribution in [1.82, 2.24) is 4.98 Å². The molecule has 0 atom stereocenters. The largest absolute Gasteiger partial charge is 0.308 e. The van der Waals surface area contributed by atoms with Crippen molar-refractivity contribution in [2.75, 3.05) is 16.2 Å². The summed E-state index contributed by atoms with van der Waals surface area (Å²) in [5.74, 6) is -0.124. The Morgan fingerprint density at radius 1 is 1.07 bits per heavy atom. The predicted octanol–water partition coefficient (Wildman–Crippen LogP) is 3.65. The van der Waals surface area contributed by atoms with Crippen LogP contribution in [0.4, 0.5) is 11.4 Å². The second kappa shape index (κ2) is 7.67. The quantitative estimate of drug-likeness (QED) is 0.700. The number of fused-ring (bicyclic) bond motifs is 1. The van der Waals surface area contributed by atoms with Crippen molar-refractivity contribution in [3.8, 4) is 0 Å². The van der Waals surface area contributed by atoms with Crippen LogP contribution in [0.5, 0.6) is 0 Å². The minimum absolute atomic E-state index is 0.124. The number of hydrogen-bond donors (Lipinski definition) is 1. The minimum atomic E-state index is -3.71. The Labute approximate surface area is 170 Å².